The zero-order valence-electron chi connectivity index (χ0n) is 2.78. The average Bonchev–Trinajstić information content (AvgIpc) is 1.37. The molecule has 5 heavy (non-hydrogen) atoms. The van der Waals surface area contributed by atoms with Crippen molar-refractivity contribution in [2.45, 2.75) is 13.3 Å². The van der Waals surface area contributed by atoms with Crippen molar-refractivity contribution in [3.05, 3.63) is 0 Å². The van der Waals surface area contributed by atoms with Crippen molar-refractivity contribution in [3.8, 4) is 0 Å². The zero-order chi connectivity index (χ0) is 3.41. The molecule has 0 aromatic rings. The summed E-state index contributed by atoms with van der Waals surface area (Å²) in [4.78, 5) is 0. The van der Waals surface area contributed by atoms with E-state index < -0.39 is 0 Å². The van der Waals surface area contributed by atoms with Crippen molar-refractivity contribution in [2.75, 3.05) is 0 Å². The van der Waals surface area contributed by atoms with E-state index in [2.05, 4.69) is 0 Å². The Hall–Kier alpha value is 0.267. The third-order valence-corrected chi connectivity index (χ3v) is 0.204. The second kappa shape index (κ2) is 8.86. The molecule has 0 saturated carbocycles. The summed E-state index contributed by atoms with van der Waals surface area (Å²) in [6, 6.07) is 0. The van der Waals surface area contributed by atoms with Gasteiger partial charge in [0, 0.05) is 0 Å². The van der Waals surface area contributed by atoms with Crippen LogP contribution in [0.2, 0.25) is 0 Å². The van der Waals surface area contributed by atoms with Crippen LogP contribution in [0.4, 0.5) is 0 Å². The summed E-state index contributed by atoms with van der Waals surface area (Å²) in [5.41, 5.74) is 0. The fourth-order valence-corrected chi connectivity index (χ4v) is 0. The van der Waals surface area contributed by atoms with Crippen molar-refractivity contribution in [1.29, 1.82) is 5.41 Å². The summed E-state index contributed by atoms with van der Waals surface area (Å²) in [5.74, 6) is 0. The standard InChI is InChI=1S/C3H7N.Li.H/c1-2-3-4;;/h3-4H,2H2,1H3;;. The third-order valence-electron chi connectivity index (χ3n) is 0.204. The molecule has 0 radical (unpaired) electrons. The van der Waals surface area contributed by atoms with E-state index in [-0.39, 0.29) is 18.9 Å². The predicted octanol–water partition coefficient (Wildman–Crippen LogP) is 0.397. The molecule has 0 bridgehead atoms. The second-order valence-corrected chi connectivity index (χ2v) is 0.612. The minimum absolute atomic E-state index is 0. The molecule has 0 saturated heterocycles. The van der Waals surface area contributed by atoms with Crippen molar-refractivity contribution in [2.24, 2.45) is 0 Å². The Morgan fingerprint density at radius 3 is 2.00 bits per heavy atom. The minimum atomic E-state index is 0. The Labute approximate surface area is 44.5 Å². The second-order valence-electron chi connectivity index (χ2n) is 0.612. The Morgan fingerprint density at radius 1 is 1.80 bits per heavy atom. The number of hydrogen-bond acceptors (Lipinski definition) is 1. The summed E-state index contributed by atoms with van der Waals surface area (Å²) in [5, 5.41) is 6.33. The van der Waals surface area contributed by atoms with Crippen molar-refractivity contribution < 1.29 is 0 Å². The number of rotatable bonds is 1. The summed E-state index contributed by atoms with van der Waals surface area (Å²) in [6.45, 7) is 1.94. The zero-order valence-corrected chi connectivity index (χ0v) is 2.78. The molecule has 1 nitrogen and oxygen atoms in total. The van der Waals surface area contributed by atoms with Gasteiger partial charge >= 0.3 is 18.9 Å². The van der Waals surface area contributed by atoms with Gasteiger partial charge in [-0.15, -0.1) is 0 Å². The molecule has 0 aromatic carbocycles. The van der Waals surface area contributed by atoms with Crippen molar-refractivity contribution in [3.63, 3.8) is 0 Å². The Balaban J connectivity index is 0. The van der Waals surface area contributed by atoms with Crippen LogP contribution in [0, 0.1) is 5.41 Å². The van der Waals surface area contributed by atoms with E-state index in [1.807, 2.05) is 6.92 Å². The van der Waals surface area contributed by atoms with Crippen molar-refractivity contribution >= 4 is 25.1 Å². The molecule has 26 valence electrons. The topological polar surface area (TPSA) is 23.9 Å². The van der Waals surface area contributed by atoms with Gasteiger partial charge in [0.1, 0.15) is 0 Å². The van der Waals surface area contributed by atoms with Gasteiger partial charge in [-0.25, -0.2) is 0 Å². The first kappa shape index (κ1) is 8.99. The van der Waals surface area contributed by atoms with E-state index in [1.165, 1.54) is 6.21 Å². The molecule has 0 rings (SSSR count). The van der Waals surface area contributed by atoms with Gasteiger partial charge in [0.05, 0.1) is 0 Å². The Kier molecular flexibility index (Phi) is 15.9. The fourth-order valence-electron chi connectivity index (χ4n) is 0. The van der Waals surface area contributed by atoms with Crippen LogP contribution in [0.25, 0.3) is 0 Å². The van der Waals surface area contributed by atoms with Gasteiger partial charge in [0.25, 0.3) is 0 Å². The van der Waals surface area contributed by atoms with Gasteiger partial charge in [0.2, 0.25) is 0 Å². The summed E-state index contributed by atoms with van der Waals surface area (Å²) < 4.78 is 0. The molecule has 0 aliphatic rings. The summed E-state index contributed by atoms with van der Waals surface area (Å²) in [7, 11) is 0. The molecule has 0 spiro atoms. The van der Waals surface area contributed by atoms with E-state index in [1.54, 1.807) is 0 Å². The predicted molar refractivity (Wildman–Crippen MR) is 26.2 cm³/mol. The van der Waals surface area contributed by atoms with Gasteiger partial charge in [-0.2, -0.15) is 0 Å². The molecule has 1 N–H and O–H groups in total. The maximum atomic E-state index is 6.33. The van der Waals surface area contributed by atoms with Crippen LogP contribution in [0.3, 0.4) is 0 Å². The summed E-state index contributed by atoms with van der Waals surface area (Å²) >= 11 is 0. The Bertz CT molecular complexity index is 20.9. The number of nitrogens with one attached hydrogen (secondary N) is 1. The Morgan fingerprint density at radius 2 is 2.00 bits per heavy atom. The molecule has 0 heterocycles. The van der Waals surface area contributed by atoms with Crippen LogP contribution in [0.1, 0.15) is 13.3 Å². The molecule has 0 amide bonds. The molecule has 0 fully saturated rings. The van der Waals surface area contributed by atoms with Crippen LogP contribution in [-0.4, -0.2) is 25.1 Å². The molecule has 0 aliphatic carbocycles. The summed E-state index contributed by atoms with van der Waals surface area (Å²) in [6.07, 6.45) is 2.24. The first-order chi connectivity index (χ1) is 1.91. The molecule has 0 atom stereocenters. The van der Waals surface area contributed by atoms with Crippen LogP contribution >= 0.6 is 0 Å². The van der Waals surface area contributed by atoms with E-state index in [9.17, 15) is 0 Å². The van der Waals surface area contributed by atoms with Crippen LogP contribution in [0.15, 0.2) is 0 Å². The van der Waals surface area contributed by atoms with E-state index in [0.29, 0.717) is 0 Å². The molecule has 2 heteroatoms. The van der Waals surface area contributed by atoms with Gasteiger partial charge in [0.15, 0.2) is 0 Å². The SMILES string of the molecule is CCC=N.[LiH]. The van der Waals surface area contributed by atoms with Gasteiger partial charge < -0.3 is 5.41 Å². The normalized spacial score (nSPS) is 5.00. The molecule has 0 aromatic heterocycles. The quantitative estimate of drug-likeness (QED) is 0.337. The number of hydrogen-bond donors (Lipinski definition) is 1. The molecule has 0 aliphatic heterocycles. The van der Waals surface area contributed by atoms with Crippen LogP contribution in [-0.2, 0) is 0 Å². The van der Waals surface area contributed by atoms with E-state index in [0.717, 1.165) is 6.42 Å². The fraction of sp³-hybridized carbons (Fsp3) is 0.667. The van der Waals surface area contributed by atoms with Gasteiger partial charge in [-0.1, -0.05) is 6.92 Å². The van der Waals surface area contributed by atoms with Gasteiger partial charge in [-0.3, -0.25) is 0 Å². The van der Waals surface area contributed by atoms with E-state index in [4.69, 9.17) is 5.41 Å². The van der Waals surface area contributed by atoms with E-state index >= 15 is 0 Å². The molecular weight excluding hydrogens is 57.0 g/mol. The third kappa shape index (κ3) is 13.7. The van der Waals surface area contributed by atoms with Crippen LogP contribution < -0.4 is 0 Å². The first-order valence-electron chi connectivity index (χ1n) is 1.40. The monoisotopic (exact) mass is 65.1 g/mol. The molecule has 0 unspecified atom stereocenters. The molecular formula is C3H8LiN. The van der Waals surface area contributed by atoms with Crippen LogP contribution in [0.5, 0.6) is 0 Å². The van der Waals surface area contributed by atoms with Gasteiger partial charge in [-0.05, 0) is 12.6 Å². The first-order valence-corrected chi connectivity index (χ1v) is 1.40. The average molecular weight is 65.0 g/mol. The maximum absolute atomic E-state index is 6.33. The van der Waals surface area contributed by atoms with Crippen molar-refractivity contribution in [1.82, 2.24) is 0 Å².